The summed E-state index contributed by atoms with van der Waals surface area (Å²) in [5.74, 6) is 1.01. The molecule has 2 aromatic heterocycles. The largest absolute Gasteiger partial charge is 0.353 e. The number of thiophene rings is 1. The van der Waals surface area contributed by atoms with Gasteiger partial charge in [0.05, 0.1) is 5.39 Å². The summed E-state index contributed by atoms with van der Waals surface area (Å²) in [5, 5.41) is 3.55. The van der Waals surface area contributed by atoms with Crippen molar-refractivity contribution in [3.8, 4) is 0 Å². The molecule has 1 aliphatic rings. The summed E-state index contributed by atoms with van der Waals surface area (Å²) >= 11 is 7.67. The molecule has 0 saturated heterocycles. The van der Waals surface area contributed by atoms with Crippen LogP contribution in [0.5, 0.6) is 0 Å². The van der Waals surface area contributed by atoms with Crippen LogP contribution in [0.2, 0.25) is 5.28 Å². The maximum Gasteiger partial charge on any atom is 0.225 e. The maximum absolute atomic E-state index is 6.05. The van der Waals surface area contributed by atoms with Gasteiger partial charge in [-0.25, -0.2) is 4.98 Å². The second-order valence-electron chi connectivity index (χ2n) is 4.68. The van der Waals surface area contributed by atoms with E-state index in [-0.39, 0.29) is 0 Å². The van der Waals surface area contributed by atoms with Gasteiger partial charge in [-0.05, 0) is 42.8 Å². The van der Waals surface area contributed by atoms with E-state index >= 15 is 0 Å². The molecule has 5 heteroatoms. The van der Waals surface area contributed by atoms with Crippen molar-refractivity contribution in [1.29, 1.82) is 0 Å². The molecule has 1 aliphatic carbocycles. The Bertz CT molecular complexity index is 548. The Kier molecular flexibility index (Phi) is 3.39. The summed E-state index contributed by atoms with van der Waals surface area (Å²) in [6, 6.07) is 2.72. The van der Waals surface area contributed by atoms with Crippen molar-refractivity contribution in [3.05, 3.63) is 16.7 Å². The van der Waals surface area contributed by atoms with Gasteiger partial charge in [0.25, 0.3) is 0 Å². The van der Waals surface area contributed by atoms with Crippen LogP contribution >= 0.6 is 22.9 Å². The normalized spacial score (nSPS) is 16.6. The number of anilines is 1. The number of hydrogen-bond acceptors (Lipinski definition) is 4. The van der Waals surface area contributed by atoms with Gasteiger partial charge < -0.3 is 4.90 Å². The number of halogens is 1. The molecule has 1 fully saturated rings. The Labute approximate surface area is 116 Å². The van der Waals surface area contributed by atoms with Crippen LogP contribution in [0.25, 0.3) is 10.2 Å². The smallest absolute Gasteiger partial charge is 0.225 e. The number of nitrogens with zero attached hydrogens (tertiary/aromatic N) is 3. The first-order valence-electron chi connectivity index (χ1n) is 6.47. The SMILES string of the molecule is CCN(c1nc(Cl)nc2sccc12)C1CCCC1. The first-order chi connectivity index (χ1) is 8.79. The molecule has 3 nitrogen and oxygen atoms in total. The van der Waals surface area contributed by atoms with E-state index in [0.717, 1.165) is 22.6 Å². The van der Waals surface area contributed by atoms with Crippen molar-refractivity contribution in [2.24, 2.45) is 0 Å². The molecule has 2 heterocycles. The van der Waals surface area contributed by atoms with Crippen LogP contribution < -0.4 is 4.90 Å². The molecule has 0 aliphatic heterocycles. The number of aromatic nitrogens is 2. The average molecular weight is 282 g/mol. The molecule has 0 spiro atoms. The molecule has 0 N–H and O–H groups in total. The lowest BCUT2D eigenvalue weighted by molar-refractivity contribution is 0.615. The fraction of sp³-hybridized carbons (Fsp3) is 0.538. The highest BCUT2D eigenvalue weighted by Gasteiger charge is 2.24. The minimum atomic E-state index is 0.358. The summed E-state index contributed by atoms with van der Waals surface area (Å²) < 4.78 is 0. The van der Waals surface area contributed by atoms with Gasteiger partial charge in [0, 0.05) is 12.6 Å². The summed E-state index contributed by atoms with van der Waals surface area (Å²) in [7, 11) is 0. The van der Waals surface area contributed by atoms with Crippen molar-refractivity contribution in [1.82, 2.24) is 9.97 Å². The number of hydrogen-bond donors (Lipinski definition) is 0. The molecule has 0 bridgehead atoms. The van der Waals surface area contributed by atoms with Crippen molar-refractivity contribution >= 4 is 39.0 Å². The van der Waals surface area contributed by atoms with Crippen LogP contribution in [0, 0.1) is 0 Å². The highest BCUT2D eigenvalue weighted by atomic mass is 35.5. The molecule has 0 amide bonds. The highest BCUT2D eigenvalue weighted by molar-refractivity contribution is 7.16. The molecule has 0 radical (unpaired) electrons. The van der Waals surface area contributed by atoms with Gasteiger partial charge >= 0.3 is 0 Å². The summed E-state index contributed by atoms with van der Waals surface area (Å²) in [5.41, 5.74) is 0. The predicted molar refractivity (Wildman–Crippen MR) is 77.7 cm³/mol. The van der Waals surface area contributed by atoms with E-state index in [1.807, 2.05) is 0 Å². The minimum absolute atomic E-state index is 0.358. The Hall–Kier alpha value is -0.870. The van der Waals surface area contributed by atoms with E-state index in [2.05, 4.69) is 33.2 Å². The van der Waals surface area contributed by atoms with E-state index in [4.69, 9.17) is 11.6 Å². The standard InChI is InChI=1S/C13H16ClN3S/c1-2-17(9-5-3-4-6-9)11-10-7-8-18-12(10)16-13(14)15-11/h7-9H,2-6H2,1H3. The summed E-state index contributed by atoms with van der Waals surface area (Å²) in [6.45, 7) is 3.16. The number of rotatable bonds is 3. The zero-order chi connectivity index (χ0) is 12.5. The topological polar surface area (TPSA) is 29.0 Å². The third kappa shape index (κ3) is 2.08. The van der Waals surface area contributed by atoms with Gasteiger partial charge in [0.2, 0.25) is 5.28 Å². The molecule has 18 heavy (non-hydrogen) atoms. The van der Waals surface area contributed by atoms with Crippen LogP contribution in [0.3, 0.4) is 0 Å². The van der Waals surface area contributed by atoms with Crippen LogP contribution in [0.1, 0.15) is 32.6 Å². The van der Waals surface area contributed by atoms with Crippen LogP contribution in [0.4, 0.5) is 5.82 Å². The third-order valence-corrected chi connectivity index (χ3v) is 4.63. The van der Waals surface area contributed by atoms with Gasteiger partial charge in [-0.1, -0.05) is 12.8 Å². The Morgan fingerprint density at radius 3 is 2.89 bits per heavy atom. The van der Waals surface area contributed by atoms with Gasteiger partial charge in [-0.15, -0.1) is 11.3 Å². The molecule has 0 atom stereocenters. The molecule has 2 aromatic rings. The van der Waals surface area contributed by atoms with E-state index < -0.39 is 0 Å². The lowest BCUT2D eigenvalue weighted by atomic mass is 10.2. The maximum atomic E-state index is 6.05. The molecule has 0 aromatic carbocycles. The quantitative estimate of drug-likeness (QED) is 0.793. The van der Waals surface area contributed by atoms with Crippen molar-refractivity contribution < 1.29 is 0 Å². The third-order valence-electron chi connectivity index (χ3n) is 3.66. The van der Waals surface area contributed by atoms with Gasteiger partial charge in [-0.2, -0.15) is 4.98 Å². The second-order valence-corrected chi connectivity index (χ2v) is 5.91. The van der Waals surface area contributed by atoms with E-state index in [0.29, 0.717) is 11.3 Å². The van der Waals surface area contributed by atoms with Gasteiger partial charge in [0.15, 0.2) is 0 Å². The lowest BCUT2D eigenvalue weighted by Crippen LogP contribution is -2.33. The van der Waals surface area contributed by atoms with E-state index in [9.17, 15) is 0 Å². The Balaban J connectivity index is 2.07. The van der Waals surface area contributed by atoms with Crippen molar-refractivity contribution in [2.75, 3.05) is 11.4 Å². The molecule has 96 valence electrons. The second kappa shape index (κ2) is 5.02. The highest BCUT2D eigenvalue weighted by Crippen LogP contribution is 2.33. The molecular formula is C13H16ClN3S. The van der Waals surface area contributed by atoms with Crippen molar-refractivity contribution in [3.63, 3.8) is 0 Å². The van der Waals surface area contributed by atoms with Crippen molar-refractivity contribution in [2.45, 2.75) is 38.6 Å². The fourth-order valence-corrected chi connectivity index (χ4v) is 3.80. The molecule has 1 saturated carbocycles. The first kappa shape index (κ1) is 12.2. The zero-order valence-electron chi connectivity index (χ0n) is 10.4. The molecule has 3 rings (SSSR count). The monoisotopic (exact) mass is 281 g/mol. The minimum Gasteiger partial charge on any atom is -0.353 e. The van der Waals surface area contributed by atoms with Gasteiger partial charge in [0.1, 0.15) is 10.6 Å². The average Bonchev–Trinajstić information content (AvgIpc) is 2.99. The summed E-state index contributed by atoms with van der Waals surface area (Å²) in [4.78, 5) is 12.1. The van der Waals surface area contributed by atoms with Crippen LogP contribution in [-0.2, 0) is 0 Å². The zero-order valence-corrected chi connectivity index (χ0v) is 12.0. The van der Waals surface area contributed by atoms with E-state index in [1.165, 1.54) is 25.7 Å². The Morgan fingerprint density at radius 2 is 2.17 bits per heavy atom. The molecule has 0 unspecified atom stereocenters. The molecular weight excluding hydrogens is 266 g/mol. The fourth-order valence-electron chi connectivity index (χ4n) is 2.83. The van der Waals surface area contributed by atoms with Crippen LogP contribution in [-0.4, -0.2) is 22.6 Å². The first-order valence-corrected chi connectivity index (χ1v) is 7.72. The lowest BCUT2D eigenvalue weighted by Gasteiger charge is -2.29. The summed E-state index contributed by atoms with van der Waals surface area (Å²) in [6.07, 6.45) is 5.18. The number of fused-ring (bicyclic) bond motifs is 1. The van der Waals surface area contributed by atoms with Crippen LogP contribution in [0.15, 0.2) is 11.4 Å². The van der Waals surface area contributed by atoms with Gasteiger partial charge in [-0.3, -0.25) is 0 Å². The Morgan fingerprint density at radius 1 is 1.39 bits per heavy atom. The van der Waals surface area contributed by atoms with E-state index in [1.54, 1.807) is 11.3 Å². The predicted octanol–water partition coefficient (Wildman–Crippen LogP) is 4.11.